The summed E-state index contributed by atoms with van der Waals surface area (Å²) in [5, 5.41) is 8.62. The smallest absolute Gasteiger partial charge is 0.307 e. The molecule has 0 aliphatic carbocycles. The Morgan fingerprint density at radius 1 is 1.60 bits per heavy atom. The first-order chi connectivity index (χ1) is 7.00. The van der Waals surface area contributed by atoms with Gasteiger partial charge in [0.1, 0.15) is 5.82 Å². The van der Waals surface area contributed by atoms with Crippen LogP contribution >= 0.6 is 0 Å². The van der Waals surface area contributed by atoms with Gasteiger partial charge >= 0.3 is 5.97 Å². The van der Waals surface area contributed by atoms with E-state index in [0.717, 1.165) is 6.07 Å². The molecule has 1 rings (SSSR count). The molecule has 0 saturated carbocycles. The Balaban J connectivity index is 2.73. The molecule has 0 amide bonds. The zero-order valence-electron chi connectivity index (χ0n) is 8.14. The summed E-state index contributed by atoms with van der Waals surface area (Å²) in [5.74, 6) is -2.17. The van der Waals surface area contributed by atoms with Crippen molar-refractivity contribution in [2.45, 2.75) is 11.8 Å². The van der Waals surface area contributed by atoms with Crippen LogP contribution in [0.5, 0.6) is 0 Å². The van der Waals surface area contributed by atoms with Gasteiger partial charge < -0.3 is 5.11 Å². The topological polar surface area (TPSA) is 54.4 Å². The van der Waals surface area contributed by atoms with Gasteiger partial charge in [-0.2, -0.15) is 0 Å². The van der Waals surface area contributed by atoms with E-state index in [9.17, 15) is 13.4 Å². The molecular formula is C10H11FO3S. The molecule has 1 aromatic rings. The largest absolute Gasteiger partial charge is 0.481 e. The third-order valence-electron chi connectivity index (χ3n) is 1.88. The van der Waals surface area contributed by atoms with E-state index < -0.39 is 28.5 Å². The quantitative estimate of drug-likeness (QED) is 0.855. The lowest BCUT2D eigenvalue weighted by Crippen LogP contribution is -2.17. The first-order valence-corrected chi connectivity index (χ1v) is 5.69. The van der Waals surface area contributed by atoms with Gasteiger partial charge in [-0.25, -0.2) is 4.39 Å². The standard InChI is InChI=1S/C10H11FO3S/c1-7(10(12)13)6-15(14)9-4-2-3-8(11)5-9/h2-5,7H,6H2,1H3,(H,12,13). The van der Waals surface area contributed by atoms with Crippen molar-refractivity contribution in [2.75, 3.05) is 5.75 Å². The van der Waals surface area contributed by atoms with Crippen molar-refractivity contribution in [3.63, 3.8) is 0 Å². The van der Waals surface area contributed by atoms with Gasteiger partial charge in [0.05, 0.1) is 16.7 Å². The lowest BCUT2D eigenvalue weighted by molar-refractivity contribution is -0.140. The Kier molecular flexibility index (Phi) is 3.96. The number of carboxylic acid groups (broad SMARTS) is 1. The van der Waals surface area contributed by atoms with Crippen molar-refractivity contribution in [1.82, 2.24) is 0 Å². The zero-order valence-corrected chi connectivity index (χ0v) is 8.96. The van der Waals surface area contributed by atoms with Gasteiger partial charge in [0.15, 0.2) is 0 Å². The van der Waals surface area contributed by atoms with Gasteiger partial charge in [0, 0.05) is 10.6 Å². The molecule has 1 N–H and O–H groups in total. The molecule has 0 saturated heterocycles. The van der Waals surface area contributed by atoms with Crippen molar-refractivity contribution in [1.29, 1.82) is 0 Å². The van der Waals surface area contributed by atoms with Crippen LogP contribution in [0.25, 0.3) is 0 Å². The molecule has 82 valence electrons. The van der Waals surface area contributed by atoms with E-state index in [1.807, 2.05) is 0 Å². The van der Waals surface area contributed by atoms with Crippen molar-refractivity contribution < 1.29 is 18.5 Å². The minimum atomic E-state index is -1.47. The molecular weight excluding hydrogens is 219 g/mol. The first-order valence-electron chi connectivity index (χ1n) is 4.37. The highest BCUT2D eigenvalue weighted by atomic mass is 32.2. The predicted octanol–water partition coefficient (Wildman–Crippen LogP) is 1.65. The van der Waals surface area contributed by atoms with E-state index in [1.54, 1.807) is 0 Å². The van der Waals surface area contributed by atoms with Crippen molar-refractivity contribution >= 4 is 16.8 Å². The van der Waals surface area contributed by atoms with E-state index in [2.05, 4.69) is 0 Å². The van der Waals surface area contributed by atoms with Crippen LogP contribution in [0.4, 0.5) is 4.39 Å². The summed E-state index contributed by atoms with van der Waals surface area (Å²) < 4.78 is 24.4. The van der Waals surface area contributed by atoms with E-state index in [-0.39, 0.29) is 5.75 Å². The van der Waals surface area contributed by atoms with Gasteiger partial charge in [-0.1, -0.05) is 13.0 Å². The third kappa shape index (κ3) is 3.43. The predicted molar refractivity (Wildman–Crippen MR) is 54.5 cm³/mol. The molecule has 2 atom stereocenters. The van der Waals surface area contributed by atoms with Crippen LogP contribution in [-0.4, -0.2) is 21.0 Å². The van der Waals surface area contributed by atoms with Crippen LogP contribution in [0.1, 0.15) is 6.92 Å². The van der Waals surface area contributed by atoms with Gasteiger partial charge in [-0.3, -0.25) is 9.00 Å². The minimum absolute atomic E-state index is 0.00120. The fourth-order valence-electron chi connectivity index (χ4n) is 1.00. The SMILES string of the molecule is CC(CS(=O)c1cccc(F)c1)C(=O)O. The van der Waals surface area contributed by atoms with Crippen LogP contribution in [-0.2, 0) is 15.6 Å². The Hall–Kier alpha value is -1.23. The molecule has 15 heavy (non-hydrogen) atoms. The second kappa shape index (κ2) is 5.02. The molecule has 0 fully saturated rings. The highest BCUT2D eigenvalue weighted by molar-refractivity contribution is 7.85. The molecule has 0 heterocycles. The summed E-state index contributed by atoms with van der Waals surface area (Å²) in [6.07, 6.45) is 0. The van der Waals surface area contributed by atoms with Crippen LogP contribution in [0, 0.1) is 11.7 Å². The number of aliphatic carboxylic acids is 1. The highest BCUT2D eigenvalue weighted by Crippen LogP contribution is 2.11. The Bertz CT molecular complexity index is 392. The molecule has 2 unspecified atom stereocenters. The monoisotopic (exact) mass is 230 g/mol. The van der Waals surface area contributed by atoms with Crippen molar-refractivity contribution in [2.24, 2.45) is 5.92 Å². The summed E-state index contributed by atoms with van der Waals surface area (Å²) in [4.78, 5) is 10.8. The minimum Gasteiger partial charge on any atom is -0.481 e. The van der Waals surface area contributed by atoms with Crippen LogP contribution in [0.2, 0.25) is 0 Å². The number of carboxylic acids is 1. The lowest BCUT2D eigenvalue weighted by Gasteiger charge is -2.05. The maximum Gasteiger partial charge on any atom is 0.307 e. The number of halogens is 1. The Morgan fingerprint density at radius 3 is 2.80 bits per heavy atom. The summed E-state index contributed by atoms with van der Waals surface area (Å²) in [6, 6.07) is 5.38. The van der Waals surface area contributed by atoms with Gasteiger partial charge in [0.25, 0.3) is 0 Å². The number of rotatable bonds is 4. The summed E-state index contributed by atoms with van der Waals surface area (Å²) in [7, 11) is -1.47. The molecule has 0 radical (unpaired) electrons. The number of benzene rings is 1. The maximum atomic E-state index is 12.8. The summed E-state index contributed by atoms with van der Waals surface area (Å²) in [5.41, 5.74) is 0. The normalized spacial score (nSPS) is 14.5. The second-order valence-electron chi connectivity index (χ2n) is 3.21. The number of carbonyl (C=O) groups is 1. The average molecular weight is 230 g/mol. The highest BCUT2D eigenvalue weighted by Gasteiger charge is 2.16. The number of hydrogen-bond acceptors (Lipinski definition) is 2. The fraction of sp³-hybridized carbons (Fsp3) is 0.300. The van der Waals surface area contributed by atoms with Crippen molar-refractivity contribution in [3.8, 4) is 0 Å². The molecule has 5 heteroatoms. The van der Waals surface area contributed by atoms with E-state index in [0.29, 0.717) is 4.90 Å². The first kappa shape index (κ1) is 11.8. The van der Waals surface area contributed by atoms with Crippen LogP contribution in [0.15, 0.2) is 29.2 Å². The molecule has 0 spiro atoms. The van der Waals surface area contributed by atoms with Crippen LogP contribution in [0.3, 0.4) is 0 Å². The van der Waals surface area contributed by atoms with E-state index in [1.165, 1.54) is 25.1 Å². The average Bonchev–Trinajstić information content (AvgIpc) is 2.17. The fourth-order valence-corrected chi connectivity index (χ4v) is 2.27. The van der Waals surface area contributed by atoms with Crippen molar-refractivity contribution in [3.05, 3.63) is 30.1 Å². The van der Waals surface area contributed by atoms with Gasteiger partial charge in [-0.15, -0.1) is 0 Å². The summed E-state index contributed by atoms with van der Waals surface area (Å²) in [6.45, 7) is 1.47. The van der Waals surface area contributed by atoms with Gasteiger partial charge in [-0.05, 0) is 18.2 Å². The lowest BCUT2D eigenvalue weighted by atomic mass is 10.2. The van der Waals surface area contributed by atoms with E-state index in [4.69, 9.17) is 5.11 Å². The Morgan fingerprint density at radius 2 is 2.27 bits per heavy atom. The second-order valence-corrected chi connectivity index (χ2v) is 4.70. The Labute approximate surface area is 89.4 Å². The molecule has 3 nitrogen and oxygen atoms in total. The molecule has 0 bridgehead atoms. The zero-order chi connectivity index (χ0) is 11.4. The van der Waals surface area contributed by atoms with Crippen LogP contribution < -0.4 is 0 Å². The third-order valence-corrected chi connectivity index (χ3v) is 3.46. The number of hydrogen-bond donors (Lipinski definition) is 1. The molecule has 1 aromatic carbocycles. The molecule has 0 aliphatic heterocycles. The van der Waals surface area contributed by atoms with Gasteiger partial charge in [0.2, 0.25) is 0 Å². The molecule has 0 aromatic heterocycles. The maximum absolute atomic E-state index is 12.8. The molecule has 0 aliphatic rings. The summed E-state index contributed by atoms with van der Waals surface area (Å²) >= 11 is 0. The van der Waals surface area contributed by atoms with E-state index >= 15 is 0 Å².